The fourth-order valence-electron chi connectivity index (χ4n) is 4.49. The van der Waals surface area contributed by atoms with Crippen LogP contribution in [0.25, 0.3) is 0 Å². The summed E-state index contributed by atoms with van der Waals surface area (Å²) >= 11 is 0. The molecule has 1 aromatic carbocycles. The van der Waals surface area contributed by atoms with Gasteiger partial charge in [0, 0.05) is 25.6 Å². The second kappa shape index (κ2) is 6.82. The van der Waals surface area contributed by atoms with Crippen molar-refractivity contribution in [1.29, 1.82) is 0 Å². The molecule has 1 spiro atoms. The van der Waals surface area contributed by atoms with Gasteiger partial charge >= 0.3 is 0 Å². The van der Waals surface area contributed by atoms with Crippen LogP contribution in [0.5, 0.6) is 0 Å². The fourth-order valence-corrected chi connectivity index (χ4v) is 4.49. The summed E-state index contributed by atoms with van der Waals surface area (Å²) in [5.74, 6) is -0.257. The summed E-state index contributed by atoms with van der Waals surface area (Å²) in [5.41, 5.74) is -0.530. The molecule has 4 nitrogen and oxygen atoms in total. The third kappa shape index (κ3) is 3.87. The van der Waals surface area contributed by atoms with E-state index >= 15 is 0 Å². The Morgan fingerprint density at radius 3 is 2.59 bits per heavy atom. The van der Waals surface area contributed by atoms with Gasteiger partial charge in [-0.25, -0.2) is 8.78 Å². The number of alkyl halides is 1. The van der Waals surface area contributed by atoms with Crippen molar-refractivity contribution in [2.45, 2.75) is 69.5 Å². The Kier molecular flexibility index (Phi) is 4.75. The quantitative estimate of drug-likeness (QED) is 0.754. The summed E-state index contributed by atoms with van der Waals surface area (Å²) < 4.78 is 34.4. The summed E-state index contributed by atoms with van der Waals surface area (Å²) in [6, 6.07) is 6.50. The normalized spacial score (nSPS) is 26.4. The van der Waals surface area contributed by atoms with Crippen LogP contribution in [0.4, 0.5) is 8.78 Å². The smallest absolute Gasteiger partial charge is 0.254 e. The van der Waals surface area contributed by atoms with Gasteiger partial charge in [0.05, 0.1) is 12.1 Å². The zero-order valence-corrected chi connectivity index (χ0v) is 16.1. The maximum Gasteiger partial charge on any atom is 0.254 e. The Morgan fingerprint density at radius 2 is 1.96 bits per heavy atom. The molecule has 1 saturated carbocycles. The predicted molar refractivity (Wildman–Crippen MR) is 98.4 cm³/mol. The van der Waals surface area contributed by atoms with Crippen LogP contribution in [0.1, 0.15) is 45.1 Å². The van der Waals surface area contributed by atoms with Crippen LogP contribution >= 0.6 is 0 Å². The Morgan fingerprint density at radius 1 is 1.26 bits per heavy atom. The lowest BCUT2D eigenvalue weighted by atomic mass is 9.86. The van der Waals surface area contributed by atoms with Gasteiger partial charge in [-0.05, 0) is 57.2 Å². The van der Waals surface area contributed by atoms with Gasteiger partial charge in [0.2, 0.25) is 0 Å². The molecule has 3 fully saturated rings. The zero-order valence-electron chi connectivity index (χ0n) is 16.1. The number of likely N-dealkylation sites (tertiary alicyclic amines) is 1. The van der Waals surface area contributed by atoms with Crippen LogP contribution < -0.4 is 0 Å². The van der Waals surface area contributed by atoms with Crippen LogP contribution in [-0.2, 0) is 16.0 Å². The molecule has 3 aliphatic rings. The average Bonchev–Trinajstić information content (AvgIpc) is 3.43. The largest absolute Gasteiger partial charge is 0.357 e. The van der Waals surface area contributed by atoms with Gasteiger partial charge in [0.15, 0.2) is 6.30 Å². The first-order chi connectivity index (χ1) is 12.8. The number of morpholine rings is 1. The first-order valence-electron chi connectivity index (χ1n) is 9.92. The molecule has 0 radical (unpaired) electrons. The molecule has 1 aliphatic carbocycles. The van der Waals surface area contributed by atoms with Gasteiger partial charge in [0.1, 0.15) is 11.4 Å². The summed E-state index contributed by atoms with van der Waals surface area (Å²) in [7, 11) is 0. The van der Waals surface area contributed by atoms with Crippen molar-refractivity contribution in [2.24, 2.45) is 0 Å². The Balaban J connectivity index is 1.39. The molecular formula is C21H28F2N2O2. The molecule has 0 aromatic heterocycles. The van der Waals surface area contributed by atoms with E-state index in [1.807, 2.05) is 23.6 Å². The molecule has 1 atom stereocenters. The number of carbonyl (C=O) groups is 1. The maximum absolute atomic E-state index is 14.8. The molecule has 0 N–H and O–H groups in total. The third-order valence-electron chi connectivity index (χ3n) is 6.09. The van der Waals surface area contributed by atoms with Crippen molar-refractivity contribution in [3.8, 4) is 0 Å². The Labute approximate surface area is 159 Å². The molecule has 2 aliphatic heterocycles. The number of amides is 1. The molecule has 27 heavy (non-hydrogen) atoms. The van der Waals surface area contributed by atoms with E-state index in [4.69, 9.17) is 4.74 Å². The zero-order chi connectivity index (χ0) is 19.2. The number of rotatable bonds is 4. The highest BCUT2D eigenvalue weighted by Gasteiger charge is 2.53. The molecule has 2 heterocycles. The van der Waals surface area contributed by atoms with Gasteiger partial charge in [-0.1, -0.05) is 12.1 Å². The third-order valence-corrected chi connectivity index (χ3v) is 6.09. The molecule has 0 bridgehead atoms. The molecule has 148 valence electrons. The van der Waals surface area contributed by atoms with Gasteiger partial charge < -0.3 is 9.64 Å². The Bertz CT molecular complexity index is 712. The maximum atomic E-state index is 14.8. The van der Waals surface area contributed by atoms with Crippen LogP contribution in [0.3, 0.4) is 0 Å². The standard InChI is InChI=1S/C21H28F2N2O2/c1-20(2)19(26)25(17-6-7-17)14-21(27-20)8-10-24(11-9-21)18(23)13-15-4-3-5-16(22)12-15/h3-5,12,17-18H,6-11,13-14H2,1-2H3. The molecular weight excluding hydrogens is 350 g/mol. The predicted octanol–water partition coefficient (Wildman–Crippen LogP) is 3.30. The van der Waals surface area contributed by atoms with Gasteiger partial charge in [0.25, 0.3) is 5.91 Å². The number of ether oxygens (including phenoxy) is 1. The summed E-state index contributed by atoms with van der Waals surface area (Å²) in [4.78, 5) is 16.5. The van der Waals surface area contributed by atoms with E-state index < -0.39 is 11.9 Å². The summed E-state index contributed by atoms with van der Waals surface area (Å²) in [5, 5.41) is 0. The minimum Gasteiger partial charge on any atom is -0.357 e. The lowest BCUT2D eigenvalue weighted by molar-refractivity contribution is -0.219. The van der Waals surface area contributed by atoms with E-state index in [2.05, 4.69) is 0 Å². The number of carbonyl (C=O) groups excluding carboxylic acids is 1. The molecule has 4 rings (SSSR count). The van der Waals surface area contributed by atoms with E-state index in [1.54, 1.807) is 12.1 Å². The van der Waals surface area contributed by atoms with E-state index in [1.165, 1.54) is 12.1 Å². The van der Waals surface area contributed by atoms with Crippen molar-refractivity contribution in [3.63, 3.8) is 0 Å². The monoisotopic (exact) mass is 378 g/mol. The highest BCUT2D eigenvalue weighted by molar-refractivity contribution is 5.86. The SMILES string of the molecule is CC1(C)OC2(CCN(C(F)Cc3cccc(F)c3)CC2)CN(C2CC2)C1=O. The minimum absolute atomic E-state index is 0.0764. The highest BCUT2D eigenvalue weighted by Crippen LogP contribution is 2.41. The second-order valence-corrected chi connectivity index (χ2v) is 8.76. The van der Waals surface area contributed by atoms with Crippen molar-refractivity contribution < 1.29 is 18.3 Å². The molecule has 1 amide bonds. The molecule has 1 aromatic rings. The number of hydrogen-bond donors (Lipinski definition) is 0. The van der Waals surface area contributed by atoms with E-state index in [0.717, 1.165) is 12.8 Å². The van der Waals surface area contributed by atoms with E-state index in [0.29, 0.717) is 44.1 Å². The van der Waals surface area contributed by atoms with Crippen molar-refractivity contribution >= 4 is 5.91 Å². The van der Waals surface area contributed by atoms with Crippen molar-refractivity contribution in [3.05, 3.63) is 35.6 Å². The lowest BCUT2D eigenvalue weighted by Crippen LogP contribution is -2.66. The number of nitrogens with zero attached hydrogens (tertiary/aromatic N) is 2. The molecule has 1 unspecified atom stereocenters. The topological polar surface area (TPSA) is 32.8 Å². The fraction of sp³-hybridized carbons (Fsp3) is 0.667. The van der Waals surface area contributed by atoms with Gasteiger partial charge in [-0.2, -0.15) is 0 Å². The molecule has 2 saturated heterocycles. The number of piperidine rings is 1. The number of benzene rings is 1. The Hall–Kier alpha value is -1.53. The van der Waals surface area contributed by atoms with E-state index in [9.17, 15) is 13.6 Å². The van der Waals surface area contributed by atoms with Crippen LogP contribution in [0.2, 0.25) is 0 Å². The summed E-state index contributed by atoms with van der Waals surface area (Å²) in [6.07, 6.45) is 2.60. The first-order valence-corrected chi connectivity index (χ1v) is 9.92. The van der Waals surface area contributed by atoms with Gasteiger partial charge in [-0.15, -0.1) is 0 Å². The lowest BCUT2D eigenvalue weighted by Gasteiger charge is -2.52. The van der Waals surface area contributed by atoms with Crippen LogP contribution in [0, 0.1) is 5.82 Å². The van der Waals surface area contributed by atoms with Crippen LogP contribution in [0.15, 0.2) is 24.3 Å². The molecule has 6 heteroatoms. The van der Waals surface area contributed by atoms with Crippen molar-refractivity contribution in [1.82, 2.24) is 9.80 Å². The van der Waals surface area contributed by atoms with E-state index in [-0.39, 0.29) is 23.7 Å². The van der Waals surface area contributed by atoms with Crippen molar-refractivity contribution in [2.75, 3.05) is 19.6 Å². The second-order valence-electron chi connectivity index (χ2n) is 8.76. The summed E-state index contributed by atoms with van der Waals surface area (Å²) in [6.45, 7) is 5.48. The first kappa shape index (κ1) is 18.8. The van der Waals surface area contributed by atoms with Gasteiger partial charge in [-0.3, -0.25) is 9.69 Å². The number of halogens is 2. The van der Waals surface area contributed by atoms with Crippen LogP contribution in [-0.4, -0.2) is 58.9 Å². The number of hydrogen-bond acceptors (Lipinski definition) is 3. The highest BCUT2D eigenvalue weighted by atomic mass is 19.1. The minimum atomic E-state index is -1.14. The average molecular weight is 378 g/mol.